The molecule has 2 aromatic heterocycles. The molecule has 0 saturated carbocycles. The Morgan fingerprint density at radius 3 is 1.97 bits per heavy atom. The summed E-state index contributed by atoms with van der Waals surface area (Å²) in [7, 11) is 0. The van der Waals surface area contributed by atoms with Crippen LogP contribution in [0.15, 0.2) is 72.2 Å². The molecule has 0 radical (unpaired) electrons. The third kappa shape index (κ3) is 16.6. The van der Waals surface area contributed by atoms with E-state index in [9.17, 15) is 39.0 Å². The number of carbonyl (C=O) groups excluding carboxylic acids is 5. The Morgan fingerprint density at radius 1 is 0.723 bits per heavy atom. The van der Waals surface area contributed by atoms with Gasteiger partial charge in [0.1, 0.15) is 36.0 Å². The van der Waals surface area contributed by atoms with E-state index in [-0.39, 0.29) is 62.7 Å². The van der Waals surface area contributed by atoms with Gasteiger partial charge in [0.05, 0.1) is 12.4 Å². The Hall–Kier alpha value is -7.00. The van der Waals surface area contributed by atoms with E-state index in [0.717, 1.165) is 10.9 Å². The molecule has 0 fully saturated rings. The van der Waals surface area contributed by atoms with Crippen molar-refractivity contribution >= 4 is 52.4 Å². The summed E-state index contributed by atoms with van der Waals surface area (Å²) in [5.74, 6) is -5.24. The topological polar surface area (TPSA) is 364 Å². The minimum absolute atomic E-state index is 0.0268. The number of phenolic OH excluding ortho intramolecular Hbond substituents is 1. The molecule has 0 aliphatic carbocycles. The average Bonchev–Trinajstić information content (AvgIpc) is 3.94. The van der Waals surface area contributed by atoms with Crippen LogP contribution in [0.4, 0.5) is 0 Å². The molecule has 4 rings (SSSR count). The van der Waals surface area contributed by atoms with Crippen LogP contribution >= 0.6 is 0 Å². The first-order valence-electron chi connectivity index (χ1n) is 21.6. The highest BCUT2D eigenvalue weighted by molar-refractivity contribution is 5.97. The number of aliphatic carboxylic acids is 1. The number of carboxylic acids is 1. The number of unbranched alkanes of at least 4 members (excludes halogenated alkanes) is 1. The molecule has 0 saturated heterocycles. The van der Waals surface area contributed by atoms with Crippen molar-refractivity contribution in [3.8, 4) is 5.75 Å². The lowest BCUT2D eigenvalue weighted by molar-refractivity contribution is -0.142. The third-order valence-electron chi connectivity index (χ3n) is 10.6. The number of aromatic nitrogens is 3. The predicted molar refractivity (Wildman–Crippen MR) is 244 cm³/mol. The molecule has 0 bridgehead atoms. The number of amides is 5. The van der Waals surface area contributed by atoms with Crippen LogP contribution in [-0.2, 0) is 48.0 Å². The van der Waals surface area contributed by atoms with Crippen molar-refractivity contribution in [2.24, 2.45) is 33.8 Å². The Labute approximate surface area is 376 Å². The second-order valence-electron chi connectivity index (χ2n) is 16.3. The number of hydrogen-bond donors (Lipinski definition) is 13. The standard InChI is InChI=1S/C44H63N13O8/c1-25(2)18-34(40(61)56-36(20-27-22-51-32-10-4-3-8-30(27)32)42(63)57-37(43(64)65)21-28-23-49-24-52-28)54-41(62)35(19-26-12-14-29(58)15-13-26)55-39(60)33(11-7-17-50-44(47)48)53-38(59)31(46)9-5-6-16-45/h3-4,8,10,12-15,22-25,31,33-37,51,58H,5-7,9,11,16-21,45-46H2,1-2H3,(H,49,52)(H,53,59)(H,54,62)(H,55,60)(H,56,61)(H,57,63)(H,64,65)(H4,47,48,50)/t31-,33-,34-,35-,36-,37-/m0/s1. The van der Waals surface area contributed by atoms with E-state index in [2.05, 4.69) is 46.5 Å². The predicted octanol–water partition coefficient (Wildman–Crippen LogP) is -0.311. The molecule has 0 unspecified atom stereocenters. The monoisotopic (exact) mass is 901 g/mol. The van der Waals surface area contributed by atoms with Gasteiger partial charge in [-0.3, -0.25) is 29.0 Å². The number of carbonyl (C=O) groups is 6. The number of hydrogen-bond acceptors (Lipinski definition) is 11. The highest BCUT2D eigenvalue weighted by Gasteiger charge is 2.34. The van der Waals surface area contributed by atoms with Gasteiger partial charge in [0.2, 0.25) is 29.5 Å². The Balaban J connectivity index is 1.62. The number of aromatic hydroxyl groups is 1. The Bertz CT molecular complexity index is 2210. The summed E-state index contributed by atoms with van der Waals surface area (Å²) in [6, 6.07) is 5.96. The lowest BCUT2D eigenvalue weighted by Crippen LogP contribution is -2.60. The first-order valence-corrected chi connectivity index (χ1v) is 21.6. The van der Waals surface area contributed by atoms with Crippen molar-refractivity contribution in [2.75, 3.05) is 13.1 Å². The van der Waals surface area contributed by atoms with Crippen LogP contribution in [-0.4, -0.2) is 116 Å². The lowest BCUT2D eigenvalue weighted by Gasteiger charge is -2.28. The second kappa shape index (κ2) is 25.3. The van der Waals surface area contributed by atoms with Crippen LogP contribution in [0.2, 0.25) is 0 Å². The van der Waals surface area contributed by atoms with Crippen LogP contribution in [0, 0.1) is 5.92 Å². The molecule has 2 heterocycles. The number of nitrogens with two attached hydrogens (primary N) is 4. The summed E-state index contributed by atoms with van der Waals surface area (Å²) < 4.78 is 0. The van der Waals surface area contributed by atoms with Gasteiger partial charge in [-0.1, -0.05) is 50.6 Å². The molecule has 6 atom stereocenters. The Morgan fingerprint density at radius 2 is 1.34 bits per heavy atom. The number of fused-ring (bicyclic) bond motifs is 1. The van der Waals surface area contributed by atoms with Crippen molar-refractivity contribution < 1.29 is 39.0 Å². The summed E-state index contributed by atoms with van der Waals surface area (Å²) in [5.41, 5.74) is 25.2. The zero-order chi connectivity index (χ0) is 47.5. The molecule has 17 N–H and O–H groups in total. The molecule has 21 nitrogen and oxygen atoms in total. The smallest absolute Gasteiger partial charge is 0.326 e. The number of nitrogens with zero attached hydrogens (tertiary/aromatic N) is 2. The first kappa shape index (κ1) is 50.6. The van der Waals surface area contributed by atoms with Gasteiger partial charge in [-0.15, -0.1) is 0 Å². The van der Waals surface area contributed by atoms with Crippen LogP contribution < -0.4 is 49.5 Å². The number of imidazole rings is 1. The molecule has 2 aromatic carbocycles. The number of guanidine groups is 1. The zero-order valence-electron chi connectivity index (χ0n) is 36.7. The van der Waals surface area contributed by atoms with Crippen molar-refractivity contribution in [3.63, 3.8) is 0 Å². The first-order chi connectivity index (χ1) is 31.0. The van der Waals surface area contributed by atoms with Crippen molar-refractivity contribution in [1.82, 2.24) is 41.5 Å². The number of benzene rings is 2. The molecule has 352 valence electrons. The summed E-state index contributed by atoms with van der Waals surface area (Å²) in [5, 5.41) is 34.3. The highest BCUT2D eigenvalue weighted by Crippen LogP contribution is 2.20. The summed E-state index contributed by atoms with van der Waals surface area (Å²) >= 11 is 0. The second-order valence-corrected chi connectivity index (χ2v) is 16.3. The number of aromatic amines is 2. The highest BCUT2D eigenvalue weighted by atomic mass is 16.4. The van der Waals surface area contributed by atoms with E-state index >= 15 is 0 Å². The van der Waals surface area contributed by atoms with Gasteiger partial charge in [0.25, 0.3) is 0 Å². The van der Waals surface area contributed by atoms with Crippen LogP contribution in [0.3, 0.4) is 0 Å². The van der Waals surface area contributed by atoms with Crippen LogP contribution in [0.1, 0.15) is 69.2 Å². The minimum atomic E-state index is -1.38. The quantitative estimate of drug-likeness (QED) is 0.0208. The molecule has 5 amide bonds. The molecule has 0 spiro atoms. The summed E-state index contributed by atoms with van der Waals surface area (Å²) in [4.78, 5) is 96.3. The molecular weight excluding hydrogens is 839 g/mol. The number of phenols is 1. The molecule has 21 heteroatoms. The fourth-order valence-electron chi connectivity index (χ4n) is 7.11. The zero-order valence-corrected chi connectivity index (χ0v) is 36.7. The van der Waals surface area contributed by atoms with Gasteiger partial charge in [-0.05, 0) is 73.9 Å². The van der Waals surface area contributed by atoms with Gasteiger partial charge in [-0.2, -0.15) is 0 Å². The summed E-state index contributed by atoms with van der Waals surface area (Å²) in [6.45, 7) is 4.24. The third-order valence-corrected chi connectivity index (χ3v) is 10.6. The fraction of sp³-hybridized carbons (Fsp3) is 0.455. The van der Waals surface area contributed by atoms with Gasteiger partial charge in [0.15, 0.2) is 5.96 Å². The van der Waals surface area contributed by atoms with Crippen molar-refractivity contribution in [1.29, 1.82) is 0 Å². The number of para-hydroxylation sites is 1. The maximum Gasteiger partial charge on any atom is 0.326 e. The van der Waals surface area contributed by atoms with E-state index in [4.69, 9.17) is 22.9 Å². The van der Waals surface area contributed by atoms with Crippen LogP contribution in [0.5, 0.6) is 5.75 Å². The van der Waals surface area contributed by atoms with Gasteiger partial charge in [-0.25, -0.2) is 9.78 Å². The average molecular weight is 902 g/mol. The molecular formula is C44H63N13O8. The van der Waals surface area contributed by atoms with E-state index in [0.29, 0.717) is 42.6 Å². The normalized spacial score (nSPS) is 14.0. The molecule has 4 aromatic rings. The van der Waals surface area contributed by atoms with Gasteiger partial charge >= 0.3 is 5.97 Å². The molecule has 0 aliphatic rings. The minimum Gasteiger partial charge on any atom is -0.508 e. The lowest BCUT2D eigenvalue weighted by atomic mass is 9.99. The van der Waals surface area contributed by atoms with E-state index in [1.807, 2.05) is 38.1 Å². The van der Waals surface area contributed by atoms with E-state index < -0.39 is 71.8 Å². The number of nitrogens with one attached hydrogen (secondary N) is 7. The number of H-pyrrole nitrogens is 2. The van der Waals surface area contributed by atoms with E-state index in [1.165, 1.54) is 24.7 Å². The number of carboxylic acid groups (broad SMARTS) is 1. The van der Waals surface area contributed by atoms with E-state index in [1.54, 1.807) is 18.3 Å². The summed E-state index contributed by atoms with van der Waals surface area (Å²) in [6.07, 6.45) is 6.28. The number of aliphatic imine (C=N–C) groups is 1. The fourth-order valence-corrected chi connectivity index (χ4v) is 7.11. The van der Waals surface area contributed by atoms with Gasteiger partial charge in [0, 0.05) is 54.8 Å². The SMILES string of the molecule is CC(C)C[C@H](NC(=O)[C@H](Cc1ccc(O)cc1)NC(=O)[C@H](CCCN=C(N)N)NC(=O)[C@@H](N)CCCCN)C(=O)N[C@@H](Cc1c[nH]c2ccccc12)C(=O)N[C@@H](Cc1cnc[nH]1)C(=O)O. The van der Waals surface area contributed by atoms with Crippen LogP contribution in [0.25, 0.3) is 10.9 Å². The largest absolute Gasteiger partial charge is 0.508 e. The van der Waals surface area contributed by atoms with Crippen molar-refractivity contribution in [2.45, 2.75) is 108 Å². The maximum atomic E-state index is 14.4. The maximum absolute atomic E-state index is 14.4. The Kier molecular flexibility index (Phi) is 19.7. The van der Waals surface area contributed by atoms with Gasteiger partial charge < -0.3 is 69.7 Å². The van der Waals surface area contributed by atoms with Crippen molar-refractivity contribution in [3.05, 3.63) is 84.1 Å². The number of rotatable bonds is 27. The molecule has 65 heavy (non-hydrogen) atoms. The molecule has 0 aliphatic heterocycles.